The number of ether oxygens (including phenoxy) is 1. The second kappa shape index (κ2) is 4.32. The van der Waals surface area contributed by atoms with Crippen molar-refractivity contribution in [1.29, 1.82) is 0 Å². The highest BCUT2D eigenvalue weighted by atomic mass is 16.5. The zero-order valence-electron chi connectivity index (χ0n) is 11.9. The molecule has 3 heteroatoms. The molecule has 0 aromatic heterocycles. The number of carbonyl (C=O) groups excluding carboxylic acids is 1. The highest BCUT2D eigenvalue weighted by molar-refractivity contribution is 5.81. The van der Waals surface area contributed by atoms with Gasteiger partial charge in [-0.05, 0) is 55.0 Å². The Labute approximate surface area is 119 Å². The third-order valence-corrected chi connectivity index (χ3v) is 5.71. The van der Waals surface area contributed by atoms with Crippen molar-refractivity contribution in [3.63, 3.8) is 0 Å². The van der Waals surface area contributed by atoms with Crippen LogP contribution in [0.4, 0.5) is 0 Å². The second-order valence-electron chi connectivity index (χ2n) is 6.55. The molecule has 0 amide bonds. The summed E-state index contributed by atoms with van der Waals surface area (Å²) in [7, 11) is 1.72. The van der Waals surface area contributed by atoms with E-state index in [2.05, 4.69) is 23.5 Å². The summed E-state index contributed by atoms with van der Waals surface area (Å²) in [5.74, 6) is 1.98. The Hall–Kier alpha value is -1.35. The average Bonchev–Trinajstić information content (AvgIpc) is 2.46. The van der Waals surface area contributed by atoms with Gasteiger partial charge >= 0.3 is 0 Å². The van der Waals surface area contributed by atoms with Crippen LogP contribution < -0.4 is 10.1 Å². The lowest BCUT2D eigenvalue weighted by atomic mass is 9.52. The Morgan fingerprint density at radius 3 is 3.15 bits per heavy atom. The summed E-state index contributed by atoms with van der Waals surface area (Å²) in [6.45, 7) is 1.03. The predicted molar refractivity (Wildman–Crippen MR) is 77.1 cm³/mol. The number of carbonyl (C=O) groups is 1. The summed E-state index contributed by atoms with van der Waals surface area (Å²) >= 11 is 0. The van der Waals surface area contributed by atoms with Gasteiger partial charge in [0, 0.05) is 24.3 Å². The third-order valence-electron chi connectivity index (χ3n) is 5.71. The van der Waals surface area contributed by atoms with Crippen molar-refractivity contribution in [2.75, 3.05) is 13.7 Å². The topological polar surface area (TPSA) is 38.3 Å². The van der Waals surface area contributed by atoms with Gasteiger partial charge in [-0.1, -0.05) is 6.07 Å². The van der Waals surface area contributed by atoms with Gasteiger partial charge in [-0.25, -0.2) is 0 Å². The van der Waals surface area contributed by atoms with E-state index < -0.39 is 0 Å². The first-order chi connectivity index (χ1) is 9.73. The van der Waals surface area contributed by atoms with Crippen molar-refractivity contribution < 1.29 is 9.53 Å². The molecule has 1 aromatic rings. The quantitative estimate of drug-likeness (QED) is 0.851. The standard InChI is InChI=1S/C17H21NO2/c1-20-13-4-2-11-8-16-14-5-3-12(19)10-17(14,6-7-18-16)15(11)9-13/h2,4,9,14,16,18H,3,5-8,10H2,1H3/t14-,16-,17+/m1/s1. The molecule has 1 aliphatic heterocycles. The molecule has 1 saturated heterocycles. The molecule has 1 heterocycles. The van der Waals surface area contributed by atoms with Crippen molar-refractivity contribution >= 4 is 5.78 Å². The summed E-state index contributed by atoms with van der Waals surface area (Å²) < 4.78 is 5.42. The van der Waals surface area contributed by atoms with E-state index in [0.717, 1.165) is 44.4 Å². The molecule has 3 aliphatic rings. The largest absolute Gasteiger partial charge is 0.497 e. The van der Waals surface area contributed by atoms with Gasteiger partial charge in [0.25, 0.3) is 0 Å². The number of nitrogens with one attached hydrogen (secondary N) is 1. The highest BCUT2D eigenvalue weighted by Gasteiger charge is 2.53. The number of hydrogen-bond donors (Lipinski definition) is 1. The first kappa shape index (κ1) is 12.4. The maximum Gasteiger partial charge on any atom is 0.133 e. The molecule has 1 saturated carbocycles. The minimum absolute atomic E-state index is 0.0768. The molecular weight excluding hydrogens is 250 g/mol. The Kier molecular flexibility index (Phi) is 2.68. The number of Topliss-reactive ketones (excluding diaryl/α,β-unsaturated/α-hetero) is 1. The number of benzene rings is 1. The third kappa shape index (κ3) is 1.59. The first-order valence-corrected chi connectivity index (χ1v) is 7.65. The van der Waals surface area contributed by atoms with E-state index in [1.165, 1.54) is 11.1 Å². The lowest BCUT2D eigenvalue weighted by molar-refractivity contribution is -0.125. The summed E-state index contributed by atoms with van der Waals surface area (Å²) in [5.41, 5.74) is 2.88. The zero-order chi connectivity index (χ0) is 13.7. The van der Waals surface area contributed by atoms with Crippen molar-refractivity contribution in [2.45, 2.75) is 43.6 Å². The van der Waals surface area contributed by atoms with Gasteiger partial charge in [0.2, 0.25) is 0 Å². The van der Waals surface area contributed by atoms with E-state index >= 15 is 0 Å². The summed E-state index contributed by atoms with van der Waals surface area (Å²) in [4.78, 5) is 12.1. The molecule has 0 unspecified atom stereocenters. The van der Waals surface area contributed by atoms with Crippen LogP contribution in [0.2, 0.25) is 0 Å². The van der Waals surface area contributed by atoms with Crippen LogP contribution in [0.5, 0.6) is 5.75 Å². The molecule has 1 N–H and O–H groups in total. The van der Waals surface area contributed by atoms with Gasteiger partial charge in [-0.3, -0.25) is 4.79 Å². The maximum atomic E-state index is 12.1. The molecule has 3 atom stereocenters. The average molecular weight is 271 g/mol. The molecule has 0 radical (unpaired) electrons. The molecule has 3 nitrogen and oxygen atoms in total. The van der Waals surface area contributed by atoms with E-state index in [9.17, 15) is 4.79 Å². The van der Waals surface area contributed by atoms with Crippen LogP contribution in [0.1, 0.15) is 36.8 Å². The summed E-state index contributed by atoms with van der Waals surface area (Å²) in [6, 6.07) is 7.00. The number of fused-ring (bicyclic) bond motifs is 1. The van der Waals surface area contributed by atoms with Crippen LogP contribution in [-0.2, 0) is 16.6 Å². The number of rotatable bonds is 1. The highest BCUT2D eigenvalue weighted by Crippen LogP contribution is 2.53. The Balaban J connectivity index is 1.89. The van der Waals surface area contributed by atoms with Crippen molar-refractivity contribution in [3.05, 3.63) is 29.3 Å². The Morgan fingerprint density at radius 2 is 2.30 bits per heavy atom. The van der Waals surface area contributed by atoms with Crippen LogP contribution in [0.3, 0.4) is 0 Å². The molecule has 0 spiro atoms. The molecule has 2 bridgehead atoms. The van der Waals surface area contributed by atoms with Gasteiger partial charge in [0.05, 0.1) is 7.11 Å². The van der Waals surface area contributed by atoms with Gasteiger partial charge < -0.3 is 10.1 Å². The molecule has 106 valence electrons. The number of methoxy groups -OCH3 is 1. The fourth-order valence-electron chi connectivity index (χ4n) is 4.85. The number of hydrogen-bond acceptors (Lipinski definition) is 3. The fraction of sp³-hybridized carbons (Fsp3) is 0.588. The van der Waals surface area contributed by atoms with E-state index in [4.69, 9.17) is 4.74 Å². The number of piperidine rings is 1. The molecule has 1 aromatic carbocycles. The van der Waals surface area contributed by atoms with E-state index in [-0.39, 0.29) is 5.41 Å². The first-order valence-electron chi connectivity index (χ1n) is 7.65. The minimum Gasteiger partial charge on any atom is -0.497 e. The van der Waals surface area contributed by atoms with E-state index in [1.807, 2.05) is 0 Å². The smallest absolute Gasteiger partial charge is 0.133 e. The molecule has 2 aliphatic carbocycles. The van der Waals surface area contributed by atoms with Crippen LogP contribution in [-0.4, -0.2) is 25.5 Å². The molecule has 20 heavy (non-hydrogen) atoms. The maximum absolute atomic E-state index is 12.1. The van der Waals surface area contributed by atoms with Gasteiger partial charge in [-0.15, -0.1) is 0 Å². The van der Waals surface area contributed by atoms with Crippen LogP contribution in [0.15, 0.2) is 18.2 Å². The van der Waals surface area contributed by atoms with Crippen LogP contribution in [0.25, 0.3) is 0 Å². The lowest BCUT2D eigenvalue weighted by Crippen LogP contribution is -2.60. The SMILES string of the molecule is COc1ccc2c(c1)[C@]13CCN[C@H](C2)[C@H]1CCC(=O)C3. The van der Waals surface area contributed by atoms with Crippen molar-refractivity contribution in [3.8, 4) is 5.75 Å². The Morgan fingerprint density at radius 1 is 1.40 bits per heavy atom. The monoisotopic (exact) mass is 271 g/mol. The van der Waals surface area contributed by atoms with Gasteiger partial charge in [0.15, 0.2) is 0 Å². The second-order valence-corrected chi connectivity index (χ2v) is 6.55. The molecule has 2 fully saturated rings. The van der Waals surface area contributed by atoms with Crippen molar-refractivity contribution in [1.82, 2.24) is 5.32 Å². The minimum atomic E-state index is 0.0768. The van der Waals surface area contributed by atoms with Gasteiger partial charge in [0.1, 0.15) is 11.5 Å². The Bertz CT molecular complexity index is 568. The molecule has 4 rings (SSSR count). The fourth-order valence-corrected chi connectivity index (χ4v) is 4.85. The molecular formula is C17H21NO2. The van der Waals surface area contributed by atoms with E-state index in [1.54, 1.807) is 7.11 Å². The summed E-state index contributed by atoms with van der Waals surface area (Å²) in [6.07, 6.45) is 4.73. The number of ketones is 1. The summed E-state index contributed by atoms with van der Waals surface area (Å²) in [5, 5.41) is 3.69. The van der Waals surface area contributed by atoms with Crippen LogP contribution in [0, 0.1) is 5.92 Å². The zero-order valence-corrected chi connectivity index (χ0v) is 11.9. The van der Waals surface area contributed by atoms with Crippen molar-refractivity contribution in [2.24, 2.45) is 5.92 Å². The van der Waals surface area contributed by atoms with E-state index in [0.29, 0.717) is 17.7 Å². The van der Waals surface area contributed by atoms with Crippen LogP contribution >= 0.6 is 0 Å². The predicted octanol–water partition coefficient (Wildman–Crippen LogP) is 2.22. The normalized spacial score (nSPS) is 35.1. The lowest BCUT2D eigenvalue weighted by Gasteiger charge is -2.55. The van der Waals surface area contributed by atoms with Gasteiger partial charge in [-0.2, -0.15) is 0 Å².